The van der Waals surface area contributed by atoms with Crippen LogP contribution in [0, 0.1) is 0 Å². The average molecular weight is 399 g/mol. The minimum Gasteiger partial charge on any atom is -0.490 e. The predicted molar refractivity (Wildman–Crippen MR) is 88.2 cm³/mol. The van der Waals surface area contributed by atoms with Crippen LogP contribution in [-0.2, 0) is 7.05 Å². The van der Waals surface area contributed by atoms with Gasteiger partial charge in [-0.05, 0) is 62.2 Å². The van der Waals surface area contributed by atoms with E-state index in [0.29, 0.717) is 11.1 Å². The molecule has 20 heavy (non-hydrogen) atoms. The van der Waals surface area contributed by atoms with Crippen molar-refractivity contribution in [3.8, 4) is 17.0 Å². The molecule has 0 atom stereocenters. The Morgan fingerprint density at radius 1 is 1.25 bits per heavy atom. The van der Waals surface area contributed by atoms with Crippen LogP contribution in [0.5, 0.6) is 5.75 Å². The summed E-state index contributed by atoms with van der Waals surface area (Å²) in [6.07, 6.45) is 1.69. The molecule has 0 amide bonds. The molecular weight excluding hydrogens is 386 g/mol. The van der Waals surface area contributed by atoms with Gasteiger partial charge in [0.15, 0.2) is 0 Å². The minimum absolute atomic E-state index is 0.0682. The zero-order valence-electron chi connectivity index (χ0n) is 10.9. The van der Waals surface area contributed by atoms with E-state index in [4.69, 9.17) is 4.74 Å². The van der Waals surface area contributed by atoms with Crippen LogP contribution >= 0.6 is 31.9 Å². The van der Waals surface area contributed by atoms with Crippen LogP contribution < -0.4 is 10.3 Å². The lowest BCUT2D eigenvalue weighted by molar-refractivity contribution is 0.363. The Bertz CT molecular complexity index is 708. The first-order valence-electron chi connectivity index (χ1n) is 5.93. The number of aromatic nitrogens is 1. The molecule has 0 aliphatic carbocycles. The van der Waals surface area contributed by atoms with E-state index >= 15 is 0 Å². The fourth-order valence-corrected chi connectivity index (χ4v) is 2.78. The van der Waals surface area contributed by atoms with Crippen LogP contribution in [0.15, 0.2) is 56.7 Å². The largest absolute Gasteiger partial charge is 0.490 e. The van der Waals surface area contributed by atoms with Gasteiger partial charge in [0.2, 0.25) is 0 Å². The molecule has 0 saturated heterocycles. The number of hydrogen-bond acceptors (Lipinski definition) is 2. The summed E-state index contributed by atoms with van der Waals surface area (Å²) in [6.45, 7) is 4.07. The summed E-state index contributed by atoms with van der Waals surface area (Å²) in [5.74, 6) is 0.752. The van der Waals surface area contributed by atoms with Crippen molar-refractivity contribution in [1.29, 1.82) is 0 Å². The first-order chi connectivity index (χ1) is 9.54. The molecule has 0 radical (unpaired) electrons. The molecule has 3 nitrogen and oxygen atoms in total. The SMILES string of the molecule is C=CCOc1ccc(-c2ccc(Br)c(=O)n2C)c(Br)c1. The fourth-order valence-electron chi connectivity index (χ4n) is 1.82. The van der Waals surface area contributed by atoms with Gasteiger partial charge in [0, 0.05) is 17.1 Å². The number of pyridine rings is 1. The van der Waals surface area contributed by atoms with Gasteiger partial charge in [-0.1, -0.05) is 12.7 Å². The van der Waals surface area contributed by atoms with Crippen molar-refractivity contribution in [1.82, 2.24) is 4.57 Å². The summed E-state index contributed by atoms with van der Waals surface area (Å²) in [5.41, 5.74) is 1.70. The third-order valence-electron chi connectivity index (χ3n) is 2.84. The minimum atomic E-state index is -0.0682. The van der Waals surface area contributed by atoms with Crippen molar-refractivity contribution < 1.29 is 4.74 Å². The summed E-state index contributed by atoms with van der Waals surface area (Å²) < 4.78 is 8.50. The van der Waals surface area contributed by atoms with E-state index in [1.165, 1.54) is 0 Å². The van der Waals surface area contributed by atoms with Crippen LogP contribution in [0.25, 0.3) is 11.3 Å². The highest BCUT2D eigenvalue weighted by Gasteiger charge is 2.10. The Labute approximate surface area is 134 Å². The molecule has 0 aliphatic rings. The highest BCUT2D eigenvalue weighted by atomic mass is 79.9. The fraction of sp³-hybridized carbons (Fsp3) is 0.133. The van der Waals surface area contributed by atoms with Crippen molar-refractivity contribution in [2.45, 2.75) is 0 Å². The van der Waals surface area contributed by atoms with Crippen molar-refractivity contribution in [3.63, 3.8) is 0 Å². The van der Waals surface area contributed by atoms with E-state index in [2.05, 4.69) is 38.4 Å². The summed E-state index contributed by atoms with van der Waals surface area (Å²) in [7, 11) is 1.75. The van der Waals surface area contributed by atoms with Crippen molar-refractivity contribution in [2.75, 3.05) is 6.61 Å². The molecule has 0 unspecified atom stereocenters. The molecule has 0 spiro atoms. The summed E-state index contributed by atoms with van der Waals surface area (Å²) >= 11 is 6.76. The van der Waals surface area contributed by atoms with Gasteiger partial charge in [-0.25, -0.2) is 0 Å². The number of halogens is 2. The van der Waals surface area contributed by atoms with Gasteiger partial charge in [-0.2, -0.15) is 0 Å². The standard InChI is InChI=1S/C15H13Br2NO2/c1-3-8-20-10-4-5-11(13(17)9-10)14-7-6-12(16)15(19)18(14)2/h3-7,9H,1,8H2,2H3. The van der Waals surface area contributed by atoms with Crippen LogP contribution in [0.1, 0.15) is 0 Å². The molecule has 1 heterocycles. The molecule has 2 aromatic rings. The number of ether oxygens (including phenoxy) is 1. The molecule has 104 valence electrons. The highest BCUT2D eigenvalue weighted by Crippen LogP contribution is 2.31. The third kappa shape index (κ3) is 3.04. The second-order valence-electron chi connectivity index (χ2n) is 4.17. The maximum atomic E-state index is 11.9. The van der Waals surface area contributed by atoms with Gasteiger partial charge in [0.25, 0.3) is 5.56 Å². The lowest BCUT2D eigenvalue weighted by Gasteiger charge is -2.12. The quantitative estimate of drug-likeness (QED) is 0.724. The Hall–Kier alpha value is -1.33. The van der Waals surface area contributed by atoms with Gasteiger partial charge in [-0.3, -0.25) is 4.79 Å². The second-order valence-corrected chi connectivity index (χ2v) is 5.88. The lowest BCUT2D eigenvalue weighted by Crippen LogP contribution is -2.18. The van der Waals surface area contributed by atoms with Crippen molar-refractivity contribution in [2.24, 2.45) is 7.05 Å². The van der Waals surface area contributed by atoms with Gasteiger partial charge in [0.05, 0.1) is 10.2 Å². The maximum Gasteiger partial charge on any atom is 0.265 e. The number of rotatable bonds is 4. The molecule has 1 aromatic heterocycles. The van der Waals surface area contributed by atoms with Gasteiger partial charge in [0.1, 0.15) is 12.4 Å². The van der Waals surface area contributed by atoms with E-state index in [0.717, 1.165) is 21.5 Å². The Balaban J connectivity index is 2.46. The van der Waals surface area contributed by atoms with E-state index in [9.17, 15) is 4.79 Å². The van der Waals surface area contributed by atoms with E-state index in [1.54, 1.807) is 23.8 Å². The van der Waals surface area contributed by atoms with Crippen molar-refractivity contribution in [3.05, 3.63) is 62.3 Å². The summed E-state index contributed by atoms with van der Waals surface area (Å²) in [4.78, 5) is 11.9. The molecule has 0 N–H and O–H groups in total. The van der Waals surface area contributed by atoms with Crippen LogP contribution in [-0.4, -0.2) is 11.2 Å². The molecule has 0 bridgehead atoms. The highest BCUT2D eigenvalue weighted by molar-refractivity contribution is 9.10. The monoisotopic (exact) mass is 397 g/mol. The Morgan fingerprint density at radius 3 is 2.65 bits per heavy atom. The maximum absolute atomic E-state index is 11.9. The lowest BCUT2D eigenvalue weighted by atomic mass is 10.1. The third-order valence-corrected chi connectivity index (χ3v) is 4.10. The predicted octanol–water partition coefficient (Wildman–Crippen LogP) is 4.14. The molecule has 0 fully saturated rings. The van der Waals surface area contributed by atoms with Crippen LogP contribution in [0.2, 0.25) is 0 Å². The first kappa shape index (κ1) is 15.1. The van der Waals surface area contributed by atoms with E-state index in [-0.39, 0.29) is 5.56 Å². The molecule has 1 aromatic carbocycles. The molecule has 0 aliphatic heterocycles. The second kappa shape index (κ2) is 6.41. The van der Waals surface area contributed by atoms with Crippen molar-refractivity contribution >= 4 is 31.9 Å². The number of benzene rings is 1. The zero-order chi connectivity index (χ0) is 14.7. The van der Waals surface area contributed by atoms with E-state index in [1.807, 2.05) is 24.3 Å². The van der Waals surface area contributed by atoms with Gasteiger partial charge < -0.3 is 9.30 Å². The summed E-state index contributed by atoms with van der Waals surface area (Å²) in [6, 6.07) is 9.33. The average Bonchev–Trinajstić information content (AvgIpc) is 2.44. The Kier molecular flexibility index (Phi) is 4.83. The van der Waals surface area contributed by atoms with Crippen LogP contribution in [0.4, 0.5) is 0 Å². The summed E-state index contributed by atoms with van der Waals surface area (Å²) in [5, 5.41) is 0. The number of hydrogen-bond donors (Lipinski definition) is 0. The van der Waals surface area contributed by atoms with Crippen LogP contribution in [0.3, 0.4) is 0 Å². The number of nitrogens with zero attached hydrogens (tertiary/aromatic N) is 1. The zero-order valence-corrected chi connectivity index (χ0v) is 14.1. The topological polar surface area (TPSA) is 31.2 Å². The molecule has 2 rings (SSSR count). The van der Waals surface area contributed by atoms with E-state index < -0.39 is 0 Å². The Morgan fingerprint density at radius 2 is 2.00 bits per heavy atom. The molecular formula is C15H13Br2NO2. The molecule has 0 saturated carbocycles. The smallest absolute Gasteiger partial charge is 0.265 e. The molecule has 5 heteroatoms. The van der Waals surface area contributed by atoms with Gasteiger partial charge in [-0.15, -0.1) is 0 Å². The first-order valence-corrected chi connectivity index (χ1v) is 7.52. The normalized spacial score (nSPS) is 10.3. The van der Waals surface area contributed by atoms with Gasteiger partial charge >= 0.3 is 0 Å².